The van der Waals surface area contributed by atoms with Gasteiger partial charge in [-0.05, 0) is 31.0 Å². The molecule has 0 bridgehead atoms. The van der Waals surface area contributed by atoms with Crippen molar-refractivity contribution in [1.82, 2.24) is 4.31 Å². The predicted molar refractivity (Wildman–Crippen MR) is 74.4 cm³/mol. The molecule has 1 aliphatic carbocycles. The first-order chi connectivity index (χ1) is 9.40. The molecule has 0 saturated heterocycles. The molecule has 7 heteroatoms. The van der Waals surface area contributed by atoms with Crippen molar-refractivity contribution in [2.75, 3.05) is 18.1 Å². The number of benzene rings is 1. The summed E-state index contributed by atoms with van der Waals surface area (Å²) < 4.78 is 24.4. The fourth-order valence-corrected chi connectivity index (χ4v) is 2.99. The van der Waals surface area contributed by atoms with E-state index in [1.807, 2.05) is 6.07 Å². The number of carbonyl (C=O) groups is 1. The summed E-state index contributed by atoms with van der Waals surface area (Å²) in [5.74, 6) is -0.405. The van der Waals surface area contributed by atoms with Crippen molar-refractivity contribution in [3.05, 3.63) is 29.8 Å². The highest BCUT2D eigenvalue weighted by atomic mass is 32.2. The van der Waals surface area contributed by atoms with Crippen molar-refractivity contribution in [3.8, 4) is 6.07 Å². The lowest BCUT2D eigenvalue weighted by Gasteiger charge is -2.18. The zero-order chi connectivity index (χ0) is 14.8. The molecule has 1 fully saturated rings. The van der Waals surface area contributed by atoms with Gasteiger partial charge < -0.3 is 5.32 Å². The molecule has 1 aromatic carbocycles. The zero-order valence-electron chi connectivity index (χ0n) is 11.0. The Morgan fingerprint density at radius 1 is 1.50 bits per heavy atom. The molecule has 0 spiro atoms. The minimum Gasteiger partial charge on any atom is -0.325 e. The van der Waals surface area contributed by atoms with Crippen molar-refractivity contribution in [2.45, 2.75) is 18.9 Å². The van der Waals surface area contributed by atoms with E-state index in [2.05, 4.69) is 5.32 Å². The Balaban J connectivity index is 2.03. The summed E-state index contributed by atoms with van der Waals surface area (Å²) >= 11 is 0. The summed E-state index contributed by atoms with van der Waals surface area (Å²) in [5.41, 5.74) is 0.920. The standard InChI is InChI=1S/C13H15N3O3S/c1-20(18,19)16(12-5-6-12)9-13(17)15-11-4-2-3-10(7-11)8-14/h2-4,7,12H,5-6,9H2,1H3,(H,15,17). The zero-order valence-corrected chi connectivity index (χ0v) is 11.9. The molecule has 0 unspecified atom stereocenters. The number of nitrogens with one attached hydrogen (secondary N) is 1. The maximum Gasteiger partial charge on any atom is 0.239 e. The fourth-order valence-electron chi connectivity index (χ4n) is 1.89. The normalized spacial score (nSPS) is 14.8. The van der Waals surface area contributed by atoms with E-state index in [0.29, 0.717) is 11.3 Å². The molecule has 0 heterocycles. The molecule has 1 aliphatic rings. The van der Waals surface area contributed by atoms with E-state index in [1.165, 1.54) is 4.31 Å². The van der Waals surface area contributed by atoms with Gasteiger partial charge in [0.15, 0.2) is 0 Å². The number of sulfonamides is 1. The number of nitriles is 1. The van der Waals surface area contributed by atoms with Crippen LogP contribution in [0.3, 0.4) is 0 Å². The topological polar surface area (TPSA) is 90.3 Å². The summed E-state index contributed by atoms with van der Waals surface area (Å²) in [6, 6.07) is 8.40. The Bertz CT molecular complexity index is 660. The third-order valence-electron chi connectivity index (χ3n) is 2.95. The Hall–Kier alpha value is -1.91. The van der Waals surface area contributed by atoms with Crippen LogP contribution < -0.4 is 5.32 Å². The number of hydrogen-bond acceptors (Lipinski definition) is 4. The van der Waals surface area contributed by atoms with E-state index in [-0.39, 0.29) is 12.6 Å². The van der Waals surface area contributed by atoms with Crippen LogP contribution in [0.15, 0.2) is 24.3 Å². The molecule has 106 valence electrons. The summed E-state index contributed by atoms with van der Waals surface area (Å²) in [6.07, 6.45) is 2.70. The fraction of sp³-hybridized carbons (Fsp3) is 0.385. The molecular formula is C13H15N3O3S. The van der Waals surface area contributed by atoms with Crippen molar-refractivity contribution < 1.29 is 13.2 Å². The van der Waals surface area contributed by atoms with Gasteiger partial charge in [-0.2, -0.15) is 9.57 Å². The predicted octanol–water partition coefficient (Wildman–Crippen LogP) is 0.921. The molecule has 0 aliphatic heterocycles. The van der Waals surface area contributed by atoms with Crippen LogP contribution in [0.1, 0.15) is 18.4 Å². The van der Waals surface area contributed by atoms with E-state index in [1.54, 1.807) is 24.3 Å². The molecule has 20 heavy (non-hydrogen) atoms. The highest BCUT2D eigenvalue weighted by molar-refractivity contribution is 7.88. The van der Waals surface area contributed by atoms with Crippen LogP contribution in [0.2, 0.25) is 0 Å². The second kappa shape index (κ2) is 5.61. The average Bonchev–Trinajstić information content (AvgIpc) is 3.19. The first-order valence-corrected chi connectivity index (χ1v) is 8.02. The van der Waals surface area contributed by atoms with Gasteiger partial charge in [0.1, 0.15) is 0 Å². The first-order valence-electron chi connectivity index (χ1n) is 6.17. The van der Waals surface area contributed by atoms with Crippen LogP contribution in [-0.4, -0.2) is 37.5 Å². The quantitative estimate of drug-likeness (QED) is 0.874. The lowest BCUT2D eigenvalue weighted by atomic mass is 10.2. The highest BCUT2D eigenvalue weighted by Gasteiger charge is 2.36. The van der Waals surface area contributed by atoms with Crippen LogP contribution in [0, 0.1) is 11.3 Å². The lowest BCUT2D eigenvalue weighted by Crippen LogP contribution is -2.38. The Labute approximate surface area is 118 Å². The number of nitrogens with zero attached hydrogens (tertiary/aromatic N) is 2. The number of rotatable bonds is 5. The first kappa shape index (κ1) is 14.5. The van der Waals surface area contributed by atoms with E-state index < -0.39 is 15.9 Å². The lowest BCUT2D eigenvalue weighted by molar-refractivity contribution is -0.116. The third-order valence-corrected chi connectivity index (χ3v) is 4.23. The van der Waals surface area contributed by atoms with Crippen molar-refractivity contribution in [2.24, 2.45) is 0 Å². The highest BCUT2D eigenvalue weighted by Crippen LogP contribution is 2.28. The van der Waals surface area contributed by atoms with Gasteiger partial charge in [0, 0.05) is 11.7 Å². The third kappa shape index (κ3) is 3.79. The molecular weight excluding hydrogens is 278 g/mol. The van der Waals surface area contributed by atoms with Gasteiger partial charge in [0.2, 0.25) is 15.9 Å². The summed E-state index contributed by atoms with van der Waals surface area (Å²) in [7, 11) is -3.38. The number of amides is 1. The van der Waals surface area contributed by atoms with E-state index in [9.17, 15) is 13.2 Å². The average molecular weight is 293 g/mol. The maximum absolute atomic E-state index is 11.9. The van der Waals surface area contributed by atoms with Gasteiger partial charge in [-0.3, -0.25) is 4.79 Å². The molecule has 0 radical (unpaired) electrons. The minimum atomic E-state index is -3.38. The second-order valence-corrected chi connectivity index (χ2v) is 6.72. The van der Waals surface area contributed by atoms with Crippen LogP contribution in [-0.2, 0) is 14.8 Å². The Kier molecular flexibility index (Phi) is 4.06. The van der Waals surface area contributed by atoms with E-state index in [4.69, 9.17) is 5.26 Å². The minimum absolute atomic E-state index is 0.0545. The van der Waals surface area contributed by atoms with Gasteiger partial charge in [0.25, 0.3) is 0 Å². The van der Waals surface area contributed by atoms with Crippen LogP contribution in [0.4, 0.5) is 5.69 Å². The Morgan fingerprint density at radius 3 is 2.75 bits per heavy atom. The SMILES string of the molecule is CS(=O)(=O)N(CC(=O)Nc1cccc(C#N)c1)C1CC1. The second-order valence-electron chi connectivity index (χ2n) is 4.78. The van der Waals surface area contributed by atoms with E-state index >= 15 is 0 Å². The molecule has 1 saturated carbocycles. The number of anilines is 1. The summed E-state index contributed by atoms with van der Waals surface area (Å²) in [4.78, 5) is 11.9. The molecule has 1 aromatic rings. The van der Waals surface area contributed by atoms with Crippen molar-refractivity contribution >= 4 is 21.6 Å². The molecule has 6 nitrogen and oxygen atoms in total. The smallest absolute Gasteiger partial charge is 0.239 e. The van der Waals surface area contributed by atoms with Crippen molar-refractivity contribution in [3.63, 3.8) is 0 Å². The molecule has 1 N–H and O–H groups in total. The van der Waals surface area contributed by atoms with Gasteiger partial charge in [-0.15, -0.1) is 0 Å². The molecule has 2 rings (SSSR count). The van der Waals surface area contributed by atoms with Gasteiger partial charge >= 0.3 is 0 Å². The van der Waals surface area contributed by atoms with Gasteiger partial charge in [-0.1, -0.05) is 6.07 Å². The Morgan fingerprint density at radius 2 is 2.20 bits per heavy atom. The molecule has 1 amide bonds. The number of carbonyl (C=O) groups excluding carboxylic acids is 1. The van der Waals surface area contributed by atoms with E-state index in [0.717, 1.165) is 19.1 Å². The summed E-state index contributed by atoms with van der Waals surface area (Å²) in [5, 5.41) is 11.4. The van der Waals surface area contributed by atoms with Crippen molar-refractivity contribution in [1.29, 1.82) is 5.26 Å². The van der Waals surface area contributed by atoms with Gasteiger partial charge in [-0.25, -0.2) is 8.42 Å². The maximum atomic E-state index is 11.9. The summed E-state index contributed by atoms with van der Waals surface area (Å²) in [6.45, 7) is -0.194. The molecule has 0 atom stereocenters. The van der Waals surface area contributed by atoms with Crippen LogP contribution in [0.5, 0.6) is 0 Å². The van der Waals surface area contributed by atoms with Gasteiger partial charge in [0.05, 0.1) is 24.4 Å². The largest absolute Gasteiger partial charge is 0.325 e. The molecule has 0 aromatic heterocycles. The van der Waals surface area contributed by atoms with Crippen LogP contribution in [0.25, 0.3) is 0 Å². The van der Waals surface area contributed by atoms with Crippen LogP contribution >= 0.6 is 0 Å². The number of hydrogen-bond donors (Lipinski definition) is 1. The monoisotopic (exact) mass is 293 g/mol.